The van der Waals surface area contributed by atoms with Crippen LogP contribution in [0.15, 0.2) is 63.0 Å². The SMILES string of the molecule is CSc1ccc(/C=N\NC(=O)c2ccc(Br)cc2)cc1. The monoisotopic (exact) mass is 348 g/mol. The number of hydrogen-bond acceptors (Lipinski definition) is 3. The maximum absolute atomic E-state index is 11.8. The second-order valence-electron chi connectivity index (χ2n) is 3.98. The predicted molar refractivity (Wildman–Crippen MR) is 87.4 cm³/mol. The lowest BCUT2D eigenvalue weighted by Crippen LogP contribution is -2.17. The van der Waals surface area contributed by atoms with Gasteiger partial charge >= 0.3 is 0 Å². The normalized spacial score (nSPS) is 10.7. The van der Waals surface area contributed by atoms with Crippen molar-refractivity contribution >= 4 is 39.8 Å². The maximum atomic E-state index is 11.8. The number of benzene rings is 2. The molecule has 5 heteroatoms. The molecule has 0 saturated carbocycles. The van der Waals surface area contributed by atoms with E-state index in [4.69, 9.17) is 0 Å². The van der Waals surface area contributed by atoms with Crippen molar-refractivity contribution < 1.29 is 4.79 Å². The molecule has 0 aliphatic carbocycles. The van der Waals surface area contributed by atoms with Crippen LogP contribution in [0.3, 0.4) is 0 Å². The van der Waals surface area contributed by atoms with Crippen molar-refractivity contribution in [1.29, 1.82) is 0 Å². The van der Waals surface area contributed by atoms with Crippen LogP contribution in [0.25, 0.3) is 0 Å². The maximum Gasteiger partial charge on any atom is 0.271 e. The third kappa shape index (κ3) is 4.21. The molecule has 1 N–H and O–H groups in total. The lowest BCUT2D eigenvalue weighted by molar-refractivity contribution is 0.0955. The molecule has 0 aliphatic rings. The molecule has 0 atom stereocenters. The minimum atomic E-state index is -0.227. The van der Waals surface area contributed by atoms with Crippen molar-refractivity contribution in [3.8, 4) is 0 Å². The van der Waals surface area contributed by atoms with E-state index in [2.05, 4.69) is 26.5 Å². The van der Waals surface area contributed by atoms with Crippen LogP contribution in [0, 0.1) is 0 Å². The molecule has 0 fully saturated rings. The summed E-state index contributed by atoms with van der Waals surface area (Å²) in [6.07, 6.45) is 3.66. The van der Waals surface area contributed by atoms with Crippen molar-refractivity contribution in [1.82, 2.24) is 5.43 Å². The van der Waals surface area contributed by atoms with Crippen molar-refractivity contribution in [3.63, 3.8) is 0 Å². The summed E-state index contributed by atoms with van der Waals surface area (Å²) >= 11 is 5.01. The molecule has 2 aromatic rings. The Bertz CT molecular complexity index is 609. The van der Waals surface area contributed by atoms with Gasteiger partial charge in [-0.2, -0.15) is 5.10 Å². The first kappa shape index (κ1) is 14.8. The number of rotatable bonds is 4. The van der Waals surface area contributed by atoms with Gasteiger partial charge in [0.15, 0.2) is 0 Å². The summed E-state index contributed by atoms with van der Waals surface area (Å²) < 4.78 is 0.937. The quantitative estimate of drug-likeness (QED) is 0.516. The highest BCUT2D eigenvalue weighted by atomic mass is 79.9. The molecule has 0 bridgehead atoms. The Balaban J connectivity index is 1.95. The topological polar surface area (TPSA) is 41.5 Å². The van der Waals surface area contributed by atoms with E-state index < -0.39 is 0 Å². The largest absolute Gasteiger partial charge is 0.271 e. The van der Waals surface area contributed by atoms with Gasteiger partial charge < -0.3 is 0 Å². The Kier molecular flexibility index (Phi) is 5.38. The van der Waals surface area contributed by atoms with Gasteiger partial charge in [-0.15, -0.1) is 11.8 Å². The smallest absolute Gasteiger partial charge is 0.267 e. The van der Waals surface area contributed by atoms with E-state index in [1.165, 1.54) is 4.90 Å². The van der Waals surface area contributed by atoms with Gasteiger partial charge in [0.25, 0.3) is 5.91 Å². The van der Waals surface area contributed by atoms with Crippen LogP contribution in [-0.4, -0.2) is 18.4 Å². The van der Waals surface area contributed by atoms with E-state index in [0.717, 1.165) is 10.0 Å². The average Bonchev–Trinajstić information content (AvgIpc) is 2.48. The van der Waals surface area contributed by atoms with Gasteiger partial charge in [0.05, 0.1) is 6.21 Å². The summed E-state index contributed by atoms with van der Waals surface area (Å²) in [5.74, 6) is -0.227. The zero-order valence-corrected chi connectivity index (χ0v) is 13.2. The van der Waals surface area contributed by atoms with Crippen LogP contribution in [0.5, 0.6) is 0 Å². The summed E-state index contributed by atoms with van der Waals surface area (Å²) in [6.45, 7) is 0. The molecule has 3 nitrogen and oxygen atoms in total. The number of carbonyl (C=O) groups is 1. The summed E-state index contributed by atoms with van der Waals surface area (Å²) in [7, 11) is 0. The van der Waals surface area contributed by atoms with E-state index in [-0.39, 0.29) is 5.91 Å². The molecule has 0 saturated heterocycles. The zero-order valence-electron chi connectivity index (χ0n) is 10.8. The predicted octanol–water partition coefficient (Wildman–Crippen LogP) is 3.93. The summed E-state index contributed by atoms with van der Waals surface area (Å²) in [5, 5.41) is 3.95. The van der Waals surface area contributed by atoms with Gasteiger partial charge in [-0.3, -0.25) is 4.79 Å². The molecule has 2 rings (SSSR count). The number of carbonyl (C=O) groups excluding carboxylic acids is 1. The fraction of sp³-hybridized carbons (Fsp3) is 0.0667. The Morgan fingerprint density at radius 1 is 1.15 bits per heavy atom. The fourth-order valence-electron chi connectivity index (χ4n) is 1.52. The van der Waals surface area contributed by atoms with Crippen LogP contribution < -0.4 is 5.43 Å². The highest BCUT2D eigenvalue weighted by Gasteiger charge is 2.02. The Labute approximate surface area is 130 Å². The zero-order chi connectivity index (χ0) is 14.4. The molecule has 2 aromatic carbocycles. The minimum absolute atomic E-state index is 0.227. The molecule has 0 aliphatic heterocycles. The minimum Gasteiger partial charge on any atom is -0.267 e. The van der Waals surface area contributed by atoms with Crippen molar-refractivity contribution in [2.75, 3.05) is 6.26 Å². The first-order valence-electron chi connectivity index (χ1n) is 5.92. The molecule has 102 valence electrons. The molecule has 0 unspecified atom stereocenters. The van der Waals surface area contributed by atoms with Gasteiger partial charge in [0, 0.05) is 14.9 Å². The molecule has 1 amide bonds. The molecule has 0 heterocycles. The fourth-order valence-corrected chi connectivity index (χ4v) is 2.19. The van der Waals surface area contributed by atoms with E-state index in [9.17, 15) is 4.79 Å². The van der Waals surface area contributed by atoms with Crippen molar-refractivity contribution in [3.05, 3.63) is 64.1 Å². The first-order valence-corrected chi connectivity index (χ1v) is 7.94. The molecule has 0 radical (unpaired) electrons. The third-order valence-electron chi connectivity index (χ3n) is 2.60. The Hall–Kier alpha value is -1.59. The second kappa shape index (κ2) is 7.26. The van der Waals surface area contributed by atoms with E-state index >= 15 is 0 Å². The number of halogens is 1. The van der Waals surface area contributed by atoms with Crippen molar-refractivity contribution in [2.24, 2.45) is 5.10 Å². The van der Waals surface area contributed by atoms with Gasteiger partial charge in [-0.1, -0.05) is 28.1 Å². The average molecular weight is 349 g/mol. The highest BCUT2D eigenvalue weighted by Crippen LogP contribution is 2.14. The highest BCUT2D eigenvalue weighted by molar-refractivity contribution is 9.10. The summed E-state index contributed by atoms with van der Waals surface area (Å²) in [4.78, 5) is 13.0. The second-order valence-corrected chi connectivity index (χ2v) is 5.77. The number of hydrazone groups is 1. The van der Waals surface area contributed by atoms with Crippen LogP contribution >= 0.6 is 27.7 Å². The van der Waals surface area contributed by atoms with E-state index in [1.807, 2.05) is 42.7 Å². The lowest BCUT2D eigenvalue weighted by Gasteiger charge is -2.00. The third-order valence-corrected chi connectivity index (χ3v) is 3.87. The van der Waals surface area contributed by atoms with Crippen molar-refractivity contribution in [2.45, 2.75) is 4.90 Å². The van der Waals surface area contributed by atoms with Gasteiger partial charge in [0.1, 0.15) is 0 Å². The van der Waals surface area contributed by atoms with Gasteiger partial charge in [-0.05, 0) is 48.2 Å². The van der Waals surface area contributed by atoms with Crippen LogP contribution in [0.1, 0.15) is 15.9 Å². The molecular formula is C15H13BrN2OS. The first-order chi connectivity index (χ1) is 9.69. The van der Waals surface area contributed by atoms with E-state index in [0.29, 0.717) is 5.56 Å². The summed E-state index contributed by atoms with van der Waals surface area (Å²) in [5.41, 5.74) is 4.02. The van der Waals surface area contributed by atoms with Gasteiger partial charge in [-0.25, -0.2) is 5.43 Å². The molecular weight excluding hydrogens is 336 g/mol. The van der Waals surface area contributed by atoms with Crippen LogP contribution in [0.2, 0.25) is 0 Å². The standard InChI is InChI=1S/C15H13BrN2OS/c1-20-14-8-2-11(3-9-14)10-17-18-15(19)12-4-6-13(16)7-5-12/h2-10H,1H3,(H,18,19)/b17-10-. The summed E-state index contributed by atoms with van der Waals surface area (Å²) in [6, 6.07) is 15.1. The number of nitrogens with zero attached hydrogens (tertiary/aromatic N) is 1. The van der Waals surface area contributed by atoms with Crippen LogP contribution in [0.4, 0.5) is 0 Å². The van der Waals surface area contributed by atoms with Gasteiger partial charge in [0.2, 0.25) is 0 Å². The number of nitrogens with one attached hydrogen (secondary N) is 1. The number of hydrogen-bond donors (Lipinski definition) is 1. The lowest BCUT2D eigenvalue weighted by atomic mass is 10.2. The molecule has 0 spiro atoms. The molecule has 20 heavy (non-hydrogen) atoms. The Morgan fingerprint density at radius 2 is 1.80 bits per heavy atom. The number of amides is 1. The number of thioether (sulfide) groups is 1. The molecule has 0 aromatic heterocycles. The van der Waals surface area contributed by atoms with E-state index in [1.54, 1.807) is 30.1 Å². The Morgan fingerprint density at radius 3 is 2.40 bits per heavy atom. The van der Waals surface area contributed by atoms with Crippen LogP contribution in [-0.2, 0) is 0 Å².